The minimum Gasteiger partial charge on any atom is -0.494 e. The summed E-state index contributed by atoms with van der Waals surface area (Å²) in [6, 6.07) is 14.5. The molecule has 166 valence electrons. The summed E-state index contributed by atoms with van der Waals surface area (Å²) in [5.41, 5.74) is 1.25. The van der Waals surface area contributed by atoms with E-state index in [0.29, 0.717) is 30.4 Å². The normalized spacial score (nSPS) is 15.5. The highest BCUT2D eigenvalue weighted by Crippen LogP contribution is 2.19. The number of rotatable bonds is 9. The van der Waals surface area contributed by atoms with E-state index in [9.17, 15) is 4.79 Å². The Labute approximate surface area is 189 Å². The Kier molecular flexibility index (Phi) is 8.67. The van der Waals surface area contributed by atoms with Crippen LogP contribution in [-0.4, -0.2) is 36.9 Å². The largest absolute Gasteiger partial charge is 0.494 e. The third-order valence-corrected chi connectivity index (χ3v) is 5.06. The Balaban J connectivity index is 1.45. The lowest BCUT2D eigenvalue weighted by atomic mass is 10.1. The summed E-state index contributed by atoms with van der Waals surface area (Å²) < 4.78 is 17.0. The van der Waals surface area contributed by atoms with E-state index < -0.39 is 0 Å². The maximum atomic E-state index is 12.5. The van der Waals surface area contributed by atoms with Gasteiger partial charge in [0.1, 0.15) is 18.1 Å². The Morgan fingerprint density at radius 3 is 2.68 bits per heavy atom. The number of carbonyl (C=O) groups is 1. The van der Waals surface area contributed by atoms with E-state index in [2.05, 4.69) is 24.5 Å². The van der Waals surface area contributed by atoms with Crippen LogP contribution in [0.3, 0.4) is 0 Å². The second-order valence-corrected chi connectivity index (χ2v) is 8.35. The highest BCUT2D eigenvalue weighted by atomic mass is 32.1. The molecule has 1 amide bonds. The highest BCUT2D eigenvalue weighted by molar-refractivity contribution is 7.80. The summed E-state index contributed by atoms with van der Waals surface area (Å²) in [6.07, 6.45) is 3.28. The van der Waals surface area contributed by atoms with Crippen LogP contribution >= 0.6 is 12.2 Å². The van der Waals surface area contributed by atoms with Crippen molar-refractivity contribution in [3.8, 4) is 11.5 Å². The predicted octanol–water partition coefficient (Wildman–Crippen LogP) is 4.80. The lowest BCUT2D eigenvalue weighted by Crippen LogP contribution is -2.34. The molecule has 7 heteroatoms. The van der Waals surface area contributed by atoms with Gasteiger partial charge in [0, 0.05) is 17.9 Å². The third-order valence-electron chi connectivity index (χ3n) is 4.86. The predicted molar refractivity (Wildman–Crippen MR) is 126 cm³/mol. The molecule has 0 aromatic heterocycles. The number of anilines is 1. The molecule has 1 aliphatic heterocycles. The van der Waals surface area contributed by atoms with Gasteiger partial charge in [-0.15, -0.1) is 0 Å². The van der Waals surface area contributed by atoms with Crippen LogP contribution in [0.2, 0.25) is 0 Å². The maximum Gasteiger partial charge on any atom is 0.257 e. The van der Waals surface area contributed by atoms with Crippen molar-refractivity contribution >= 4 is 28.9 Å². The maximum absolute atomic E-state index is 12.5. The number of hydrogen-bond acceptors (Lipinski definition) is 5. The monoisotopic (exact) mass is 442 g/mol. The first-order chi connectivity index (χ1) is 15.0. The Bertz CT molecular complexity index is 864. The molecule has 1 heterocycles. The molecule has 1 fully saturated rings. The quantitative estimate of drug-likeness (QED) is 0.544. The van der Waals surface area contributed by atoms with E-state index >= 15 is 0 Å². The van der Waals surface area contributed by atoms with Crippen molar-refractivity contribution in [3.05, 3.63) is 54.1 Å². The van der Waals surface area contributed by atoms with Gasteiger partial charge in [-0.05, 0) is 79.9 Å². The minimum absolute atomic E-state index is 0.180. The first kappa shape index (κ1) is 23.0. The van der Waals surface area contributed by atoms with Gasteiger partial charge in [-0.2, -0.15) is 0 Å². The molecule has 1 saturated heterocycles. The minimum atomic E-state index is -0.289. The molecular formula is C24H30N2O4S. The summed E-state index contributed by atoms with van der Waals surface area (Å²) in [4.78, 5) is 12.5. The molecule has 0 radical (unpaired) electrons. The van der Waals surface area contributed by atoms with Crippen molar-refractivity contribution in [3.63, 3.8) is 0 Å². The van der Waals surface area contributed by atoms with Gasteiger partial charge in [0.15, 0.2) is 5.11 Å². The second kappa shape index (κ2) is 11.7. The van der Waals surface area contributed by atoms with Gasteiger partial charge < -0.3 is 19.5 Å². The third kappa shape index (κ3) is 7.84. The van der Waals surface area contributed by atoms with Gasteiger partial charge in [0.2, 0.25) is 0 Å². The standard InChI is InChI=1S/C24H30N2O4S/c1-17(2)12-14-29-21-6-3-5-18(15-21)23(27)26-24(31)25-19-8-10-20(11-9-19)30-16-22-7-4-13-28-22/h3,5-6,8-11,15,17,22H,4,7,12-14,16H2,1-2H3,(H2,25,26,27,31)/t22-/m0/s1. The molecule has 2 N–H and O–H groups in total. The zero-order valence-electron chi connectivity index (χ0n) is 18.1. The smallest absolute Gasteiger partial charge is 0.257 e. The lowest BCUT2D eigenvalue weighted by Gasteiger charge is -2.13. The summed E-state index contributed by atoms with van der Waals surface area (Å²) in [5, 5.41) is 5.94. The van der Waals surface area contributed by atoms with Gasteiger partial charge in [-0.1, -0.05) is 19.9 Å². The van der Waals surface area contributed by atoms with E-state index in [1.807, 2.05) is 30.3 Å². The molecule has 3 rings (SSSR count). The summed E-state index contributed by atoms with van der Waals surface area (Å²) in [7, 11) is 0. The Morgan fingerprint density at radius 2 is 1.97 bits per heavy atom. The molecule has 0 unspecified atom stereocenters. The fourth-order valence-electron chi connectivity index (χ4n) is 3.08. The van der Waals surface area contributed by atoms with Gasteiger partial charge in [0.25, 0.3) is 5.91 Å². The fraction of sp³-hybridized carbons (Fsp3) is 0.417. The molecule has 0 bridgehead atoms. The molecule has 2 aromatic carbocycles. The van der Waals surface area contributed by atoms with Crippen LogP contribution in [0.25, 0.3) is 0 Å². The van der Waals surface area contributed by atoms with E-state index in [-0.39, 0.29) is 17.1 Å². The molecular weight excluding hydrogens is 412 g/mol. The van der Waals surface area contributed by atoms with E-state index in [4.69, 9.17) is 26.4 Å². The Hall–Kier alpha value is -2.64. The summed E-state index contributed by atoms with van der Waals surface area (Å²) >= 11 is 5.28. The van der Waals surface area contributed by atoms with Crippen molar-refractivity contribution in [2.75, 3.05) is 25.1 Å². The molecule has 31 heavy (non-hydrogen) atoms. The number of ether oxygens (including phenoxy) is 3. The van der Waals surface area contributed by atoms with Crippen LogP contribution < -0.4 is 20.1 Å². The average Bonchev–Trinajstić information content (AvgIpc) is 3.27. The van der Waals surface area contributed by atoms with Crippen molar-refractivity contribution in [1.82, 2.24) is 5.32 Å². The fourth-order valence-corrected chi connectivity index (χ4v) is 3.29. The average molecular weight is 443 g/mol. The number of amides is 1. The number of benzene rings is 2. The van der Waals surface area contributed by atoms with Crippen LogP contribution in [0.4, 0.5) is 5.69 Å². The number of thiocarbonyl (C=S) groups is 1. The lowest BCUT2D eigenvalue weighted by molar-refractivity contribution is 0.0679. The van der Waals surface area contributed by atoms with Crippen molar-refractivity contribution in [1.29, 1.82) is 0 Å². The molecule has 6 nitrogen and oxygen atoms in total. The second-order valence-electron chi connectivity index (χ2n) is 7.94. The van der Waals surface area contributed by atoms with Gasteiger partial charge in [-0.3, -0.25) is 10.1 Å². The van der Waals surface area contributed by atoms with Crippen molar-refractivity contribution < 1.29 is 19.0 Å². The van der Waals surface area contributed by atoms with Crippen LogP contribution in [0.1, 0.15) is 43.5 Å². The summed E-state index contributed by atoms with van der Waals surface area (Å²) in [6.45, 7) is 6.29. The number of nitrogens with one attached hydrogen (secondary N) is 2. The molecule has 2 aromatic rings. The van der Waals surface area contributed by atoms with E-state index in [1.54, 1.807) is 18.2 Å². The van der Waals surface area contributed by atoms with Crippen LogP contribution in [0.15, 0.2) is 48.5 Å². The van der Waals surface area contributed by atoms with E-state index in [0.717, 1.165) is 37.3 Å². The van der Waals surface area contributed by atoms with Crippen LogP contribution in [0.5, 0.6) is 11.5 Å². The highest BCUT2D eigenvalue weighted by Gasteiger charge is 2.16. The van der Waals surface area contributed by atoms with Gasteiger partial charge >= 0.3 is 0 Å². The van der Waals surface area contributed by atoms with Crippen LogP contribution in [-0.2, 0) is 4.74 Å². The molecule has 0 aliphatic carbocycles. The Morgan fingerprint density at radius 1 is 1.16 bits per heavy atom. The van der Waals surface area contributed by atoms with E-state index in [1.165, 1.54) is 0 Å². The molecule has 1 aliphatic rings. The van der Waals surface area contributed by atoms with Crippen molar-refractivity contribution in [2.45, 2.75) is 39.2 Å². The van der Waals surface area contributed by atoms with Gasteiger partial charge in [0.05, 0.1) is 12.7 Å². The SMILES string of the molecule is CC(C)CCOc1cccc(C(=O)NC(=S)Nc2ccc(OC[C@@H]3CCCO3)cc2)c1. The van der Waals surface area contributed by atoms with Crippen LogP contribution in [0, 0.1) is 5.92 Å². The zero-order chi connectivity index (χ0) is 22.1. The first-order valence-corrected chi connectivity index (χ1v) is 11.1. The van der Waals surface area contributed by atoms with Crippen molar-refractivity contribution in [2.24, 2.45) is 5.92 Å². The number of carbonyl (C=O) groups excluding carboxylic acids is 1. The first-order valence-electron chi connectivity index (χ1n) is 10.7. The molecule has 0 spiro atoms. The molecule has 1 atom stereocenters. The topological polar surface area (TPSA) is 68.8 Å². The van der Waals surface area contributed by atoms with Gasteiger partial charge in [-0.25, -0.2) is 0 Å². The zero-order valence-corrected chi connectivity index (χ0v) is 18.9. The number of hydrogen-bond donors (Lipinski definition) is 2. The summed E-state index contributed by atoms with van der Waals surface area (Å²) in [5.74, 6) is 1.72. The molecule has 0 saturated carbocycles.